The number of ether oxygens (including phenoxy) is 1. The van der Waals surface area contributed by atoms with E-state index in [2.05, 4.69) is 10.9 Å². The lowest BCUT2D eigenvalue weighted by Gasteiger charge is -2.05. The van der Waals surface area contributed by atoms with Crippen LogP contribution in [0.1, 0.15) is 18.1 Å². The van der Waals surface area contributed by atoms with Gasteiger partial charge in [-0.2, -0.15) is 0 Å². The van der Waals surface area contributed by atoms with Gasteiger partial charge in [-0.05, 0) is 25.5 Å². The molecule has 0 radical (unpaired) electrons. The first-order chi connectivity index (χ1) is 5.79. The number of hydrogen-bond acceptors (Lipinski definition) is 2. The average molecular weight is 161 g/mol. The minimum absolute atomic E-state index is 0.556. The fourth-order valence-electron chi connectivity index (χ4n) is 0.955. The van der Waals surface area contributed by atoms with Gasteiger partial charge in [0.05, 0.1) is 12.2 Å². The molecule has 0 aliphatic heterocycles. The minimum atomic E-state index is 0.556. The Morgan fingerprint density at radius 3 is 3.00 bits per heavy atom. The maximum absolute atomic E-state index is 5.31. The summed E-state index contributed by atoms with van der Waals surface area (Å²) in [6, 6.07) is 1.87. The molecule has 0 saturated heterocycles. The first kappa shape index (κ1) is 8.61. The molecule has 0 fully saturated rings. The minimum Gasteiger partial charge on any atom is -0.477 e. The van der Waals surface area contributed by atoms with E-state index in [9.17, 15) is 0 Å². The quantitative estimate of drug-likeness (QED) is 0.617. The third kappa shape index (κ3) is 1.57. The van der Waals surface area contributed by atoms with Crippen molar-refractivity contribution in [3.8, 4) is 18.2 Å². The highest BCUT2D eigenvalue weighted by molar-refractivity contribution is 5.45. The molecular formula is C10H11NO. The summed E-state index contributed by atoms with van der Waals surface area (Å²) < 4.78 is 5.26. The second-order valence-electron chi connectivity index (χ2n) is 2.39. The van der Waals surface area contributed by atoms with Crippen LogP contribution in [-0.4, -0.2) is 11.6 Å². The van der Waals surface area contributed by atoms with Gasteiger partial charge in [0, 0.05) is 6.20 Å². The molecule has 1 aromatic heterocycles. The summed E-state index contributed by atoms with van der Waals surface area (Å²) in [5, 5.41) is 0. The van der Waals surface area contributed by atoms with E-state index < -0.39 is 0 Å². The maximum Gasteiger partial charge on any atom is 0.229 e. The number of aryl methyl sites for hydroxylation is 1. The summed E-state index contributed by atoms with van der Waals surface area (Å²) in [6.07, 6.45) is 7.01. The first-order valence-electron chi connectivity index (χ1n) is 3.84. The van der Waals surface area contributed by atoms with Gasteiger partial charge in [0.1, 0.15) is 0 Å². The fourth-order valence-corrected chi connectivity index (χ4v) is 0.955. The average Bonchev–Trinajstić information content (AvgIpc) is 2.05. The molecule has 2 nitrogen and oxygen atoms in total. The Morgan fingerprint density at radius 1 is 1.67 bits per heavy atom. The van der Waals surface area contributed by atoms with Gasteiger partial charge in [-0.15, -0.1) is 6.42 Å². The van der Waals surface area contributed by atoms with Gasteiger partial charge in [0.25, 0.3) is 0 Å². The number of rotatable bonds is 2. The molecule has 62 valence electrons. The van der Waals surface area contributed by atoms with Crippen molar-refractivity contribution >= 4 is 0 Å². The molecule has 1 heterocycles. The standard InChI is InChI=1S/C10H11NO/c1-4-9-8(3)6-7-11-10(9)12-5-2/h1,6-7H,5H2,2-3H3. The number of hydrogen-bond donors (Lipinski definition) is 0. The van der Waals surface area contributed by atoms with Crippen LogP contribution in [0.3, 0.4) is 0 Å². The van der Waals surface area contributed by atoms with Crippen molar-refractivity contribution in [2.45, 2.75) is 13.8 Å². The van der Waals surface area contributed by atoms with Crippen molar-refractivity contribution < 1.29 is 4.74 Å². The summed E-state index contributed by atoms with van der Waals surface area (Å²) >= 11 is 0. The second kappa shape index (κ2) is 3.77. The predicted octanol–water partition coefficient (Wildman–Crippen LogP) is 1.77. The molecule has 0 amide bonds. The summed E-state index contributed by atoms with van der Waals surface area (Å²) in [7, 11) is 0. The van der Waals surface area contributed by atoms with E-state index in [-0.39, 0.29) is 0 Å². The lowest BCUT2D eigenvalue weighted by Crippen LogP contribution is -1.98. The molecule has 1 aromatic rings. The number of aromatic nitrogens is 1. The zero-order valence-corrected chi connectivity index (χ0v) is 7.29. The Hall–Kier alpha value is -1.49. The highest BCUT2D eigenvalue weighted by Gasteiger charge is 2.03. The van der Waals surface area contributed by atoms with E-state index in [4.69, 9.17) is 11.2 Å². The smallest absolute Gasteiger partial charge is 0.229 e. The summed E-state index contributed by atoms with van der Waals surface area (Å²) in [6.45, 7) is 4.44. The largest absolute Gasteiger partial charge is 0.477 e. The third-order valence-electron chi connectivity index (χ3n) is 1.55. The normalized spacial score (nSPS) is 9.08. The van der Waals surface area contributed by atoms with Crippen LogP contribution in [0.15, 0.2) is 12.3 Å². The van der Waals surface area contributed by atoms with Crippen LogP contribution in [0.25, 0.3) is 0 Å². The Balaban J connectivity index is 3.11. The number of nitrogens with zero attached hydrogens (tertiary/aromatic N) is 1. The van der Waals surface area contributed by atoms with E-state index in [1.165, 1.54) is 0 Å². The van der Waals surface area contributed by atoms with E-state index in [0.717, 1.165) is 11.1 Å². The Kier molecular flexibility index (Phi) is 2.71. The van der Waals surface area contributed by atoms with Gasteiger partial charge in [0.15, 0.2) is 0 Å². The first-order valence-corrected chi connectivity index (χ1v) is 3.84. The van der Waals surface area contributed by atoms with Gasteiger partial charge in [0.2, 0.25) is 5.88 Å². The summed E-state index contributed by atoms with van der Waals surface area (Å²) in [4.78, 5) is 4.04. The van der Waals surface area contributed by atoms with Gasteiger partial charge < -0.3 is 4.74 Å². The molecule has 0 aliphatic rings. The van der Waals surface area contributed by atoms with Crippen LogP contribution in [0.4, 0.5) is 0 Å². The van der Waals surface area contributed by atoms with E-state index in [1.807, 2.05) is 19.9 Å². The predicted molar refractivity (Wildman–Crippen MR) is 48.1 cm³/mol. The van der Waals surface area contributed by atoms with Crippen LogP contribution in [0.2, 0.25) is 0 Å². The van der Waals surface area contributed by atoms with E-state index in [0.29, 0.717) is 12.5 Å². The summed E-state index contributed by atoms with van der Waals surface area (Å²) in [5.74, 6) is 3.12. The van der Waals surface area contributed by atoms with Gasteiger partial charge >= 0.3 is 0 Å². The van der Waals surface area contributed by atoms with Crippen LogP contribution in [0, 0.1) is 19.3 Å². The Labute approximate surface area is 72.6 Å². The van der Waals surface area contributed by atoms with E-state index >= 15 is 0 Å². The molecular weight excluding hydrogens is 150 g/mol. The van der Waals surface area contributed by atoms with Crippen LogP contribution < -0.4 is 4.74 Å². The van der Waals surface area contributed by atoms with Crippen molar-refractivity contribution in [2.24, 2.45) is 0 Å². The van der Waals surface area contributed by atoms with Crippen LogP contribution >= 0.6 is 0 Å². The van der Waals surface area contributed by atoms with Crippen molar-refractivity contribution in [3.05, 3.63) is 23.4 Å². The van der Waals surface area contributed by atoms with Gasteiger partial charge in [-0.1, -0.05) is 5.92 Å². The molecule has 0 bridgehead atoms. The fraction of sp³-hybridized carbons (Fsp3) is 0.300. The maximum atomic E-state index is 5.31. The molecule has 0 aromatic carbocycles. The molecule has 0 spiro atoms. The summed E-state index contributed by atoms with van der Waals surface area (Å²) in [5.41, 5.74) is 1.77. The topological polar surface area (TPSA) is 22.1 Å². The highest BCUT2D eigenvalue weighted by atomic mass is 16.5. The van der Waals surface area contributed by atoms with Crippen LogP contribution in [-0.2, 0) is 0 Å². The molecule has 0 aliphatic carbocycles. The zero-order chi connectivity index (χ0) is 8.97. The zero-order valence-electron chi connectivity index (χ0n) is 7.29. The molecule has 0 N–H and O–H groups in total. The molecule has 0 atom stereocenters. The molecule has 2 heteroatoms. The van der Waals surface area contributed by atoms with Gasteiger partial charge in [-0.25, -0.2) is 4.98 Å². The Morgan fingerprint density at radius 2 is 2.42 bits per heavy atom. The van der Waals surface area contributed by atoms with E-state index in [1.54, 1.807) is 6.20 Å². The van der Waals surface area contributed by atoms with Crippen molar-refractivity contribution in [1.29, 1.82) is 0 Å². The van der Waals surface area contributed by atoms with Crippen molar-refractivity contribution in [2.75, 3.05) is 6.61 Å². The Bertz CT molecular complexity index is 312. The number of pyridine rings is 1. The lowest BCUT2D eigenvalue weighted by molar-refractivity contribution is 0.325. The van der Waals surface area contributed by atoms with Crippen molar-refractivity contribution in [1.82, 2.24) is 4.98 Å². The lowest BCUT2D eigenvalue weighted by atomic mass is 10.1. The van der Waals surface area contributed by atoms with Crippen molar-refractivity contribution in [3.63, 3.8) is 0 Å². The molecule has 0 unspecified atom stereocenters. The molecule has 12 heavy (non-hydrogen) atoms. The third-order valence-corrected chi connectivity index (χ3v) is 1.55. The monoisotopic (exact) mass is 161 g/mol. The van der Waals surface area contributed by atoms with Gasteiger partial charge in [-0.3, -0.25) is 0 Å². The number of terminal acetylenes is 1. The second-order valence-corrected chi connectivity index (χ2v) is 2.39. The molecule has 0 saturated carbocycles. The van der Waals surface area contributed by atoms with Crippen LogP contribution in [0.5, 0.6) is 5.88 Å². The SMILES string of the molecule is C#Cc1c(C)ccnc1OCC. The highest BCUT2D eigenvalue weighted by Crippen LogP contribution is 2.16. The molecule has 1 rings (SSSR count).